The van der Waals surface area contributed by atoms with Crippen LogP contribution in [0.5, 0.6) is 0 Å². The van der Waals surface area contributed by atoms with Crippen LogP contribution < -0.4 is 5.32 Å². The molecule has 2 fully saturated rings. The summed E-state index contributed by atoms with van der Waals surface area (Å²) in [7, 11) is 0. The topological polar surface area (TPSA) is 29.1 Å². The SMILES string of the molecule is O=C(NCC1(c2ccccc2)CCCCC1)C1CC1. The fourth-order valence-corrected chi connectivity index (χ4v) is 3.33. The summed E-state index contributed by atoms with van der Waals surface area (Å²) >= 11 is 0. The highest BCUT2D eigenvalue weighted by atomic mass is 16.2. The molecule has 0 heterocycles. The molecule has 0 radical (unpaired) electrons. The molecule has 1 amide bonds. The van der Waals surface area contributed by atoms with Gasteiger partial charge in [0.05, 0.1) is 0 Å². The Bertz CT molecular complexity index is 430. The average molecular weight is 257 g/mol. The normalized spacial score (nSPS) is 21.9. The zero-order valence-electron chi connectivity index (χ0n) is 11.5. The number of carbonyl (C=O) groups excluding carboxylic acids is 1. The maximum atomic E-state index is 11.9. The summed E-state index contributed by atoms with van der Waals surface area (Å²) in [5, 5.41) is 3.21. The monoisotopic (exact) mass is 257 g/mol. The van der Waals surface area contributed by atoms with E-state index in [4.69, 9.17) is 0 Å². The summed E-state index contributed by atoms with van der Waals surface area (Å²) in [6, 6.07) is 10.8. The van der Waals surface area contributed by atoms with Crippen LogP contribution in [0.1, 0.15) is 50.5 Å². The van der Waals surface area contributed by atoms with Crippen molar-refractivity contribution in [1.29, 1.82) is 0 Å². The van der Waals surface area contributed by atoms with Crippen molar-refractivity contribution in [2.45, 2.75) is 50.4 Å². The molecule has 0 saturated heterocycles. The Kier molecular flexibility index (Phi) is 3.58. The Labute approximate surface area is 115 Å². The van der Waals surface area contributed by atoms with Crippen LogP contribution in [0, 0.1) is 5.92 Å². The van der Waals surface area contributed by atoms with E-state index >= 15 is 0 Å². The molecule has 2 saturated carbocycles. The quantitative estimate of drug-likeness (QED) is 0.880. The van der Waals surface area contributed by atoms with Crippen molar-refractivity contribution in [2.24, 2.45) is 5.92 Å². The molecule has 0 bridgehead atoms. The van der Waals surface area contributed by atoms with Gasteiger partial charge in [-0.2, -0.15) is 0 Å². The first-order chi connectivity index (χ1) is 9.30. The number of amides is 1. The van der Waals surface area contributed by atoms with Crippen LogP contribution in [0.3, 0.4) is 0 Å². The summed E-state index contributed by atoms with van der Waals surface area (Å²) < 4.78 is 0. The standard InChI is InChI=1S/C17H23NO/c19-16(14-9-10-14)18-13-17(11-5-2-6-12-17)15-7-3-1-4-8-15/h1,3-4,7-8,14H,2,5-6,9-13H2,(H,18,19). The minimum absolute atomic E-state index is 0.185. The Morgan fingerprint density at radius 1 is 1.11 bits per heavy atom. The van der Waals surface area contributed by atoms with Gasteiger partial charge in [0.25, 0.3) is 0 Å². The van der Waals surface area contributed by atoms with E-state index in [0.29, 0.717) is 5.92 Å². The molecule has 2 nitrogen and oxygen atoms in total. The van der Waals surface area contributed by atoms with Gasteiger partial charge in [-0.05, 0) is 31.2 Å². The number of rotatable bonds is 4. The molecule has 2 heteroatoms. The van der Waals surface area contributed by atoms with E-state index in [2.05, 4.69) is 35.6 Å². The minimum atomic E-state index is 0.185. The second-order valence-corrected chi connectivity index (χ2v) is 6.20. The zero-order valence-corrected chi connectivity index (χ0v) is 11.5. The number of carbonyl (C=O) groups is 1. The van der Waals surface area contributed by atoms with Crippen LogP contribution in [-0.2, 0) is 10.2 Å². The van der Waals surface area contributed by atoms with Gasteiger partial charge in [-0.25, -0.2) is 0 Å². The van der Waals surface area contributed by atoms with Crippen LogP contribution in [0.15, 0.2) is 30.3 Å². The number of benzene rings is 1. The highest BCUT2D eigenvalue weighted by Gasteiger charge is 2.36. The van der Waals surface area contributed by atoms with E-state index in [1.54, 1.807) is 0 Å². The molecule has 102 valence electrons. The Morgan fingerprint density at radius 2 is 1.79 bits per heavy atom. The molecule has 0 aromatic heterocycles. The molecule has 3 rings (SSSR count). The zero-order chi connectivity index (χ0) is 13.1. The van der Waals surface area contributed by atoms with Gasteiger partial charge in [0.1, 0.15) is 0 Å². The van der Waals surface area contributed by atoms with Gasteiger partial charge >= 0.3 is 0 Å². The van der Waals surface area contributed by atoms with Gasteiger partial charge in [0, 0.05) is 17.9 Å². The predicted octanol–water partition coefficient (Wildman–Crippen LogP) is 3.41. The lowest BCUT2D eigenvalue weighted by molar-refractivity contribution is -0.122. The van der Waals surface area contributed by atoms with E-state index in [0.717, 1.165) is 19.4 Å². The molecule has 1 aromatic carbocycles. The Balaban J connectivity index is 1.74. The molecule has 0 unspecified atom stereocenters. The second kappa shape index (κ2) is 5.36. The van der Waals surface area contributed by atoms with Gasteiger partial charge in [-0.3, -0.25) is 4.79 Å². The van der Waals surface area contributed by atoms with Crippen molar-refractivity contribution in [2.75, 3.05) is 6.54 Å². The first-order valence-corrected chi connectivity index (χ1v) is 7.63. The number of hydrogen-bond donors (Lipinski definition) is 1. The average Bonchev–Trinajstić information content (AvgIpc) is 3.31. The molecule has 19 heavy (non-hydrogen) atoms. The lowest BCUT2D eigenvalue weighted by Crippen LogP contribution is -2.42. The van der Waals surface area contributed by atoms with Crippen LogP contribution in [-0.4, -0.2) is 12.5 Å². The molecule has 2 aliphatic carbocycles. The van der Waals surface area contributed by atoms with Crippen LogP contribution in [0.4, 0.5) is 0 Å². The first-order valence-electron chi connectivity index (χ1n) is 7.63. The van der Waals surface area contributed by atoms with Crippen LogP contribution in [0.2, 0.25) is 0 Å². The van der Waals surface area contributed by atoms with Crippen molar-refractivity contribution >= 4 is 5.91 Å². The molecule has 0 atom stereocenters. The van der Waals surface area contributed by atoms with E-state index in [9.17, 15) is 4.79 Å². The van der Waals surface area contributed by atoms with Crippen molar-refractivity contribution in [1.82, 2.24) is 5.32 Å². The molecule has 0 aliphatic heterocycles. The van der Waals surface area contributed by atoms with E-state index < -0.39 is 0 Å². The van der Waals surface area contributed by atoms with Crippen molar-refractivity contribution < 1.29 is 4.79 Å². The van der Waals surface area contributed by atoms with Gasteiger partial charge in [0.2, 0.25) is 5.91 Å². The van der Waals surface area contributed by atoms with E-state index in [1.807, 2.05) is 0 Å². The maximum absolute atomic E-state index is 11.9. The summed E-state index contributed by atoms with van der Waals surface area (Å²) in [6.45, 7) is 0.826. The smallest absolute Gasteiger partial charge is 0.223 e. The lowest BCUT2D eigenvalue weighted by atomic mass is 9.69. The molecule has 2 aliphatic rings. The van der Waals surface area contributed by atoms with E-state index in [-0.39, 0.29) is 11.3 Å². The third-order valence-electron chi connectivity index (χ3n) is 4.75. The summed E-state index contributed by atoms with van der Waals surface area (Å²) in [6.07, 6.45) is 8.51. The number of nitrogens with one attached hydrogen (secondary N) is 1. The van der Waals surface area contributed by atoms with Crippen molar-refractivity contribution in [3.8, 4) is 0 Å². The Morgan fingerprint density at radius 3 is 2.42 bits per heavy atom. The third kappa shape index (κ3) is 2.83. The molecule has 1 aromatic rings. The fourth-order valence-electron chi connectivity index (χ4n) is 3.33. The lowest BCUT2D eigenvalue weighted by Gasteiger charge is -2.38. The molecular weight excluding hydrogens is 234 g/mol. The Hall–Kier alpha value is -1.31. The van der Waals surface area contributed by atoms with Crippen molar-refractivity contribution in [3.05, 3.63) is 35.9 Å². The van der Waals surface area contributed by atoms with Crippen LogP contribution in [0.25, 0.3) is 0 Å². The van der Waals surface area contributed by atoms with Crippen LogP contribution >= 0.6 is 0 Å². The number of hydrogen-bond acceptors (Lipinski definition) is 1. The van der Waals surface area contributed by atoms with Crippen molar-refractivity contribution in [3.63, 3.8) is 0 Å². The van der Waals surface area contributed by atoms with Gasteiger partial charge in [0.15, 0.2) is 0 Å². The highest BCUT2D eigenvalue weighted by Crippen LogP contribution is 2.39. The third-order valence-corrected chi connectivity index (χ3v) is 4.75. The molecule has 1 N–H and O–H groups in total. The first kappa shape index (κ1) is 12.7. The summed E-state index contributed by atoms with van der Waals surface area (Å²) in [5.74, 6) is 0.595. The predicted molar refractivity (Wildman–Crippen MR) is 76.9 cm³/mol. The van der Waals surface area contributed by atoms with Gasteiger partial charge in [-0.15, -0.1) is 0 Å². The fraction of sp³-hybridized carbons (Fsp3) is 0.588. The van der Waals surface area contributed by atoms with Gasteiger partial charge in [-0.1, -0.05) is 49.6 Å². The molecular formula is C17H23NO. The van der Waals surface area contributed by atoms with E-state index in [1.165, 1.54) is 37.7 Å². The molecule has 0 spiro atoms. The minimum Gasteiger partial charge on any atom is -0.355 e. The second-order valence-electron chi connectivity index (χ2n) is 6.20. The summed E-state index contributed by atoms with van der Waals surface area (Å²) in [5.41, 5.74) is 1.59. The highest BCUT2D eigenvalue weighted by molar-refractivity contribution is 5.80. The van der Waals surface area contributed by atoms with Gasteiger partial charge < -0.3 is 5.32 Å². The summed E-state index contributed by atoms with van der Waals surface area (Å²) in [4.78, 5) is 11.9. The largest absolute Gasteiger partial charge is 0.355 e. The maximum Gasteiger partial charge on any atom is 0.223 e.